The Hall–Kier alpha value is -3.36. The van der Waals surface area contributed by atoms with Crippen LogP contribution < -0.4 is 5.32 Å². The minimum Gasteiger partial charge on any atom is -0.478 e. The summed E-state index contributed by atoms with van der Waals surface area (Å²) in [6.07, 6.45) is 1.34. The lowest BCUT2D eigenvalue weighted by molar-refractivity contribution is -0.129. The second-order valence-corrected chi connectivity index (χ2v) is 11.4. The lowest BCUT2D eigenvalue weighted by Crippen LogP contribution is -2.51. The molecule has 1 aliphatic heterocycles. The van der Waals surface area contributed by atoms with Crippen molar-refractivity contribution in [2.24, 2.45) is 5.92 Å². The molecular formula is C29H23ClF2N2O3S. The Bertz CT molecular complexity index is 1650. The summed E-state index contributed by atoms with van der Waals surface area (Å²) >= 11 is 7.46. The van der Waals surface area contributed by atoms with Crippen molar-refractivity contribution in [3.05, 3.63) is 88.1 Å². The van der Waals surface area contributed by atoms with E-state index in [1.165, 1.54) is 30.0 Å². The van der Waals surface area contributed by atoms with Crippen molar-refractivity contribution in [2.75, 3.05) is 11.9 Å². The molecule has 0 amide bonds. The molecular weight excluding hydrogens is 530 g/mol. The molecule has 9 heteroatoms. The molecule has 0 saturated heterocycles. The van der Waals surface area contributed by atoms with E-state index in [4.69, 9.17) is 11.6 Å². The molecule has 2 unspecified atom stereocenters. The van der Waals surface area contributed by atoms with Crippen molar-refractivity contribution in [1.82, 2.24) is 4.57 Å². The number of aromatic carboxylic acids is 1. The van der Waals surface area contributed by atoms with Crippen LogP contribution in [0.1, 0.15) is 34.5 Å². The van der Waals surface area contributed by atoms with Crippen LogP contribution >= 0.6 is 23.4 Å². The van der Waals surface area contributed by atoms with Crippen LogP contribution in [0.4, 0.5) is 14.5 Å². The number of anilines is 1. The topological polar surface area (TPSA) is 71.3 Å². The van der Waals surface area contributed by atoms with Crippen LogP contribution in [0.15, 0.2) is 64.4 Å². The van der Waals surface area contributed by atoms with Crippen LogP contribution in [-0.2, 0) is 16.8 Å². The van der Waals surface area contributed by atoms with Gasteiger partial charge in [-0.15, -0.1) is 0 Å². The van der Waals surface area contributed by atoms with Gasteiger partial charge in [0, 0.05) is 50.0 Å². The van der Waals surface area contributed by atoms with Crippen molar-refractivity contribution in [3.8, 4) is 0 Å². The summed E-state index contributed by atoms with van der Waals surface area (Å²) in [4.78, 5) is 26.6. The molecule has 1 aromatic heterocycles. The van der Waals surface area contributed by atoms with E-state index in [-0.39, 0.29) is 34.2 Å². The predicted molar refractivity (Wildman–Crippen MR) is 143 cm³/mol. The number of benzene rings is 3. The molecule has 0 bridgehead atoms. The Morgan fingerprint density at radius 3 is 2.71 bits per heavy atom. The second-order valence-electron chi connectivity index (χ2n) is 9.92. The Morgan fingerprint density at radius 2 is 1.97 bits per heavy atom. The van der Waals surface area contributed by atoms with Gasteiger partial charge in [-0.2, -0.15) is 0 Å². The standard InChI is InChI=1S/C29H23ClF2N2O3S/c1-15-27(38-17-5-2-4-16(12-17)28(36)37)18-8-9-20(30)25(32)26(18)34(15)13-23(35)19-10-11-29(19)14-33-22-7-3-6-21(31)24(22)29/h2-9,12,19,33H,10-11,13-14H2,1H3,(H,36,37). The van der Waals surface area contributed by atoms with Crippen LogP contribution in [0.3, 0.4) is 0 Å². The number of carboxylic acid groups (broad SMARTS) is 1. The van der Waals surface area contributed by atoms with E-state index in [9.17, 15) is 19.1 Å². The molecule has 3 aromatic carbocycles. The molecule has 2 aliphatic rings. The number of carbonyl (C=O) groups is 2. The fraction of sp³-hybridized carbons (Fsp3) is 0.241. The van der Waals surface area contributed by atoms with Gasteiger partial charge in [-0.3, -0.25) is 4.79 Å². The first-order chi connectivity index (χ1) is 18.2. The third-order valence-electron chi connectivity index (χ3n) is 7.97. The zero-order valence-electron chi connectivity index (χ0n) is 20.4. The molecule has 0 radical (unpaired) electrons. The minimum absolute atomic E-state index is 0.0516. The highest BCUT2D eigenvalue weighted by Crippen LogP contribution is 2.55. The van der Waals surface area contributed by atoms with E-state index >= 15 is 4.39 Å². The molecule has 1 fully saturated rings. The summed E-state index contributed by atoms with van der Waals surface area (Å²) in [6, 6.07) is 14.6. The molecule has 1 saturated carbocycles. The average Bonchev–Trinajstić information content (AvgIpc) is 3.40. The summed E-state index contributed by atoms with van der Waals surface area (Å²) in [5.74, 6) is -2.45. The van der Waals surface area contributed by atoms with Gasteiger partial charge >= 0.3 is 5.97 Å². The van der Waals surface area contributed by atoms with Crippen molar-refractivity contribution in [1.29, 1.82) is 0 Å². The maximum absolute atomic E-state index is 15.4. The summed E-state index contributed by atoms with van der Waals surface area (Å²) < 4.78 is 32.0. The number of carbonyl (C=O) groups excluding carboxylic acids is 1. The highest BCUT2D eigenvalue weighted by molar-refractivity contribution is 7.99. The van der Waals surface area contributed by atoms with Crippen molar-refractivity contribution < 1.29 is 23.5 Å². The number of hydrogen-bond donors (Lipinski definition) is 2. The van der Waals surface area contributed by atoms with Gasteiger partial charge in [0.25, 0.3) is 0 Å². The first-order valence-electron chi connectivity index (χ1n) is 12.2. The number of aromatic nitrogens is 1. The van der Waals surface area contributed by atoms with Gasteiger partial charge in [-0.25, -0.2) is 13.6 Å². The SMILES string of the molecule is Cc1c(Sc2cccc(C(=O)O)c2)c2ccc(Cl)c(F)c2n1CC(=O)C1CCC12CNc1cccc(F)c12. The molecule has 5 nitrogen and oxygen atoms in total. The number of rotatable bonds is 6. The van der Waals surface area contributed by atoms with Crippen molar-refractivity contribution in [2.45, 2.75) is 41.5 Å². The number of ketones is 1. The van der Waals surface area contributed by atoms with E-state index < -0.39 is 23.1 Å². The molecule has 2 N–H and O–H groups in total. The van der Waals surface area contributed by atoms with Gasteiger partial charge < -0.3 is 15.0 Å². The van der Waals surface area contributed by atoms with Gasteiger partial charge in [-0.1, -0.05) is 35.5 Å². The van der Waals surface area contributed by atoms with Crippen molar-refractivity contribution >= 4 is 51.7 Å². The van der Waals surface area contributed by atoms with Crippen LogP contribution in [0, 0.1) is 24.5 Å². The molecule has 6 rings (SSSR count). The smallest absolute Gasteiger partial charge is 0.335 e. The zero-order valence-corrected chi connectivity index (χ0v) is 21.9. The number of fused-ring (bicyclic) bond motifs is 3. The number of Topliss-reactive ketones (excluding diaryl/α,β-unsaturated/α-hetero) is 1. The number of hydrogen-bond acceptors (Lipinski definition) is 4. The Balaban J connectivity index is 1.39. The maximum Gasteiger partial charge on any atom is 0.335 e. The van der Waals surface area contributed by atoms with E-state index in [1.54, 1.807) is 34.9 Å². The van der Waals surface area contributed by atoms with E-state index in [1.807, 2.05) is 13.0 Å². The summed E-state index contributed by atoms with van der Waals surface area (Å²) in [6.45, 7) is 2.23. The largest absolute Gasteiger partial charge is 0.478 e. The fourth-order valence-corrected chi connectivity index (χ4v) is 7.26. The summed E-state index contributed by atoms with van der Waals surface area (Å²) in [7, 11) is 0. The van der Waals surface area contributed by atoms with E-state index in [0.29, 0.717) is 45.8 Å². The average molecular weight is 553 g/mol. The van der Waals surface area contributed by atoms with Crippen LogP contribution in [0.2, 0.25) is 5.02 Å². The minimum atomic E-state index is -1.04. The number of halogens is 3. The Morgan fingerprint density at radius 1 is 1.18 bits per heavy atom. The van der Waals surface area contributed by atoms with Crippen molar-refractivity contribution in [3.63, 3.8) is 0 Å². The lowest BCUT2D eigenvalue weighted by atomic mass is 9.56. The zero-order chi connectivity index (χ0) is 26.8. The maximum atomic E-state index is 15.4. The quantitative estimate of drug-likeness (QED) is 0.268. The van der Waals surface area contributed by atoms with Crippen LogP contribution in [-0.4, -0.2) is 28.0 Å². The monoisotopic (exact) mass is 552 g/mol. The third-order valence-corrected chi connectivity index (χ3v) is 9.47. The first kappa shape index (κ1) is 24.9. The Labute approximate surface area is 226 Å². The third kappa shape index (κ3) is 3.73. The molecule has 2 atom stereocenters. The van der Waals surface area contributed by atoms with Gasteiger partial charge in [0.2, 0.25) is 0 Å². The van der Waals surface area contributed by atoms with Gasteiger partial charge in [0.15, 0.2) is 11.6 Å². The predicted octanol–water partition coefficient (Wildman–Crippen LogP) is 7.07. The number of nitrogens with one attached hydrogen (secondary N) is 1. The number of nitrogens with zero attached hydrogens (tertiary/aromatic N) is 1. The van der Waals surface area contributed by atoms with E-state index in [0.717, 1.165) is 5.69 Å². The molecule has 1 spiro atoms. The highest BCUT2D eigenvalue weighted by atomic mass is 35.5. The molecule has 4 aromatic rings. The molecule has 1 aliphatic carbocycles. The fourth-order valence-electron chi connectivity index (χ4n) is 6.01. The number of carboxylic acids is 1. The summed E-state index contributed by atoms with van der Waals surface area (Å²) in [5.41, 5.74) is 1.75. The molecule has 194 valence electrons. The van der Waals surface area contributed by atoms with Crippen LogP contribution in [0.5, 0.6) is 0 Å². The normalized spacial score (nSPS) is 19.8. The summed E-state index contributed by atoms with van der Waals surface area (Å²) in [5, 5.41) is 13.2. The Kier molecular flexibility index (Phi) is 6.00. The second kappa shape index (κ2) is 9.13. The van der Waals surface area contributed by atoms with Gasteiger partial charge in [0.1, 0.15) is 5.82 Å². The molecule has 38 heavy (non-hydrogen) atoms. The first-order valence-corrected chi connectivity index (χ1v) is 13.4. The van der Waals surface area contributed by atoms with Gasteiger partial charge in [-0.05, 0) is 62.2 Å². The highest BCUT2D eigenvalue weighted by Gasteiger charge is 2.55. The van der Waals surface area contributed by atoms with Crippen LogP contribution in [0.25, 0.3) is 10.9 Å². The molecule has 2 heterocycles. The lowest BCUT2D eigenvalue weighted by Gasteiger charge is -2.46. The van der Waals surface area contributed by atoms with Gasteiger partial charge in [0.05, 0.1) is 22.6 Å². The van der Waals surface area contributed by atoms with E-state index in [2.05, 4.69) is 5.32 Å².